The van der Waals surface area contributed by atoms with Crippen molar-refractivity contribution in [1.82, 2.24) is 29.4 Å². The highest BCUT2D eigenvalue weighted by atomic mass is 16.2. The molecule has 0 aromatic carbocycles. The molecular formula is C18H28N6O. The van der Waals surface area contributed by atoms with Gasteiger partial charge in [-0.2, -0.15) is 10.2 Å². The van der Waals surface area contributed by atoms with Crippen molar-refractivity contribution < 1.29 is 4.79 Å². The Labute approximate surface area is 149 Å². The van der Waals surface area contributed by atoms with E-state index in [4.69, 9.17) is 0 Å². The van der Waals surface area contributed by atoms with Gasteiger partial charge in [0.25, 0.3) is 0 Å². The molecular weight excluding hydrogens is 316 g/mol. The fourth-order valence-corrected chi connectivity index (χ4v) is 4.05. The summed E-state index contributed by atoms with van der Waals surface area (Å²) in [6.45, 7) is 11.4. The number of nitrogens with zero attached hydrogens (tertiary/aromatic N) is 6. The fourth-order valence-electron chi connectivity index (χ4n) is 4.05. The van der Waals surface area contributed by atoms with Crippen LogP contribution in [0.4, 0.5) is 0 Å². The molecule has 3 rings (SSSR count). The molecule has 0 unspecified atom stereocenters. The Morgan fingerprint density at radius 3 is 2.48 bits per heavy atom. The number of hydrogen-bond donors (Lipinski definition) is 0. The molecule has 0 radical (unpaired) electrons. The van der Waals surface area contributed by atoms with Gasteiger partial charge in [0, 0.05) is 31.4 Å². The summed E-state index contributed by atoms with van der Waals surface area (Å²) < 4.78 is 3.84. The molecule has 136 valence electrons. The van der Waals surface area contributed by atoms with E-state index in [1.165, 1.54) is 0 Å². The largest absolute Gasteiger partial charge is 0.340 e. The van der Waals surface area contributed by atoms with Crippen LogP contribution in [0, 0.1) is 27.7 Å². The van der Waals surface area contributed by atoms with Gasteiger partial charge in [0.15, 0.2) is 0 Å². The van der Waals surface area contributed by atoms with Crippen LogP contribution in [0.2, 0.25) is 0 Å². The second kappa shape index (κ2) is 6.61. The zero-order chi connectivity index (χ0) is 18.3. The molecule has 1 amide bonds. The van der Waals surface area contributed by atoms with Gasteiger partial charge in [0.05, 0.1) is 17.7 Å². The number of carbonyl (C=O) groups is 1. The molecule has 3 heterocycles. The van der Waals surface area contributed by atoms with Crippen LogP contribution in [-0.2, 0) is 11.8 Å². The van der Waals surface area contributed by atoms with Crippen LogP contribution >= 0.6 is 0 Å². The Morgan fingerprint density at radius 1 is 1.20 bits per heavy atom. The molecule has 2 aromatic heterocycles. The van der Waals surface area contributed by atoms with Gasteiger partial charge in [-0.3, -0.25) is 9.48 Å². The number of rotatable bonds is 3. The maximum absolute atomic E-state index is 13.1. The number of hydrogen-bond acceptors (Lipinski definition) is 4. The minimum atomic E-state index is -0.175. The quantitative estimate of drug-likeness (QED) is 0.856. The normalized spacial score (nSPS) is 19.3. The van der Waals surface area contributed by atoms with Crippen molar-refractivity contribution in [3.8, 4) is 0 Å². The van der Waals surface area contributed by atoms with E-state index in [9.17, 15) is 4.79 Å². The predicted molar refractivity (Wildman–Crippen MR) is 95.4 cm³/mol. The van der Waals surface area contributed by atoms with Crippen LogP contribution in [0.15, 0.2) is 0 Å². The third kappa shape index (κ3) is 3.19. The summed E-state index contributed by atoms with van der Waals surface area (Å²) in [6.07, 6.45) is 2.03. The minimum Gasteiger partial charge on any atom is -0.340 e. The van der Waals surface area contributed by atoms with Gasteiger partial charge < -0.3 is 4.90 Å². The van der Waals surface area contributed by atoms with E-state index in [0.717, 1.165) is 48.0 Å². The lowest BCUT2D eigenvalue weighted by Gasteiger charge is -2.34. The molecule has 1 fully saturated rings. The summed E-state index contributed by atoms with van der Waals surface area (Å²) in [7, 11) is 1.93. The van der Waals surface area contributed by atoms with E-state index in [-0.39, 0.29) is 17.9 Å². The van der Waals surface area contributed by atoms with E-state index in [2.05, 4.69) is 15.2 Å². The molecule has 1 aliphatic rings. The Kier molecular flexibility index (Phi) is 4.67. The van der Waals surface area contributed by atoms with Crippen molar-refractivity contribution in [3.63, 3.8) is 0 Å². The van der Waals surface area contributed by atoms with Gasteiger partial charge in [-0.15, -0.1) is 0 Å². The lowest BCUT2D eigenvalue weighted by molar-refractivity contribution is -0.134. The number of aryl methyl sites for hydroxylation is 4. The first-order chi connectivity index (χ1) is 11.8. The highest BCUT2D eigenvalue weighted by Gasteiger charge is 2.31. The lowest BCUT2D eigenvalue weighted by Crippen LogP contribution is -2.43. The minimum absolute atomic E-state index is 0.175. The number of likely N-dealkylation sites (tertiary alicyclic amines) is 1. The Morgan fingerprint density at radius 2 is 1.92 bits per heavy atom. The van der Waals surface area contributed by atoms with Crippen LogP contribution in [0.3, 0.4) is 0 Å². The van der Waals surface area contributed by atoms with Crippen LogP contribution in [0.5, 0.6) is 0 Å². The smallest absolute Gasteiger partial charge is 0.230 e. The van der Waals surface area contributed by atoms with Gasteiger partial charge in [0.2, 0.25) is 5.91 Å². The van der Waals surface area contributed by atoms with Crippen molar-refractivity contribution >= 4 is 5.91 Å². The molecule has 2 atom stereocenters. The van der Waals surface area contributed by atoms with Crippen LogP contribution in [0.1, 0.15) is 60.3 Å². The maximum Gasteiger partial charge on any atom is 0.230 e. The Balaban J connectivity index is 1.79. The highest BCUT2D eigenvalue weighted by Crippen LogP contribution is 2.28. The third-order valence-electron chi connectivity index (χ3n) is 5.33. The molecule has 0 aliphatic carbocycles. The highest BCUT2D eigenvalue weighted by molar-refractivity contribution is 5.84. The van der Waals surface area contributed by atoms with Crippen molar-refractivity contribution in [2.45, 2.75) is 59.4 Å². The van der Waals surface area contributed by atoms with E-state index < -0.39 is 0 Å². The molecule has 2 aromatic rings. The van der Waals surface area contributed by atoms with Crippen molar-refractivity contribution in [1.29, 1.82) is 0 Å². The fraction of sp³-hybridized carbons (Fsp3) is 0.667. The van der Waals surface area contributed by atoms with Crippen molar-refractivity contribution in [2.24, 2.45) is 7.05 Å². The second-order valence-electron chi connectivity index (χ2n) is 7.16. The van der Waals surface area contributed by atoms with Crippen molar-refractivity contribution in [2.75, 3.05) is 13.1 Å². The molecule has 0 spiro atoms. The number of carbonyl (C=O) groups excluding carboxylic acids is 1. The van der Waals surface area contributed by atoms with Gasteiger partial charge in [-0.05, 0) is 47.5 Å². The molecule has 25 heavy (non-hydrogen) atoms. The number of piperidine rings is 1. The lowest BCUT2D eigenvalue weighted by atomic mass is 9.96. The first-order valence-corrected chi connectivity index (χ1v) is 8.98. The van der Waals surface area contributed by atoms with Crippen molar-refractivity contribution in [3.05, 3.63) is 28.6 Å². The second-order valence-corrected chi connectivity index (χ2v) is 7.16. The molecule has 1 aliphatic heterocycles. The molecule has 1 saturated heterocycles. The van der Waals surface area contributed by atoms with E-state index >= 15 is 0 Å². The van der Waals surface area contributed by atoms with Gasteiger partial charge >= 0.3 is 0 Å². The molecule has 0 saturated carbocycles. The summed E-state index contributed by atoms with van der Waals surface area (Å²) in [5.74, 6) is 1.71. The van der Waals surface area contributed by atoms with Crippen LogP contribution in [0.25, 0.3) is 0 Å². The van der Waals surface area contributed by atoms with E-state index in [1.54, 1.807) is 0 Å². The first kappa shape index (κ1) is 17.6. The predicted octanol–water partition coefficient (Wildman–Crippen LogP) is 2.21. The Hall–Kier alpha value is -2.18. The summed E-state index contributed by atoms with van der Waals surface area (Å²) in [5, 5.41) is 8.98. The first-order valence-electron chi connectivity index (χ1n) is 8.98. The standard InChI is InChI=1S/C18H28N6O/c1-11(17-12(2)20-22(6)13(17)3)18(25)23-9-7-8-16(10-23)24-15(5)19-14(4)21-24/h11,16H,7-10H2,1-6H3/t11-,16-/m1/s1. The third-order valence-corrected chi connectivity index (χ3v) is 5.33. The zero-order valence-electron chi connectivity index (χ0n) is 16.1. The number of amides is 1. The van der Waals surface area contributed by atoms with Gasteiger partial charge in [0.1, 0.15) is 11.6 Å². The summed E-state index contributed by atoms with van der Waals surface area (Å²) in [5.41, 5.74) is 3.06. The summed E-state index contributed by atoms with van der Waals surface area (Å²) in [6, 6.07) is 0.210. The maximum atomic E-state index is 13.1. The van der Waals surface area contributed by atoms with Gasteiger partial charge in [-0.1, -0.05) is 0 Å². The topological polar surface area (TPSA) is 68.8 Å². The molecule has 0 N–H and O–H groups in total. The SMILES string of the molecule is Cc1nc(C)n([C@@H]2CCCN(C(=O)[C@H](C)c3c(C)nn(C)c3C)C2)n1. The molecule has 7 heteroatoms. The average molecular weight is 344 g/mol. The van der Waals surface area contributed by atoms with E-state index in [1.807, 2.05) is 55.9 Å². The molecule has 7 nitrogen and oxygen atoms in total. The van der Waals surface area contributed by atoms with E-state index in [0.29, 0.717) is 6.54 Å². The summed E-state index contributed by atoms with van der Waals surface area (Å²) in [4.78, 5) is 19.5. The van der Waals surface area contributed by atoms with Crippen LogP contribution < -0.4 is 0 Å². The monoisotopic (exact) mass is 344 g/mol. The zero-order valence-corrected chi connectivity index (χ0v) is 16.1. The molecule has 0 bridgehead atoms. The van der Waals surface area contributed by atoms with Crippen LogP contribution in [-0.4, -0.2) is 48.4 Å². The number of aromatic nitrogens is 5. The average Bonchev–Trinajstić information content (AvgIpc) is 3.04. The van der Waals surface area contributed by atoms with Gasteiger partial charge in [-0.25, -0.2) is 9.67 Å². The Bertz CT molecular complexity index is 790. The summed E-state index contributed by atoms with van der Waals surface area (Å²) >= 11 is 0.